The maximum atomic E-state index is 13.3. The van der Waals surface area contributed by atoms with Crippen molar-refractivity contribution in [2.45, 2.75) is 18.6 Å². The molecule has 1 aliphatic rings. The lowest BCUT2D eigenvalue weighted by atomic mass is 10.2. The summed E-state index contributed by atoms with van der Waals surface area (Å²) in [6.45, 7) is 0.913. The van der Waals surface area contributed by atoms with E-state index in [1.807, 2.05) is 0 Å². The van der Waals surface area contributed by atoms with Gasteiger partial charge in [0.25, 0.3) is 0 Å². The van der Waals surface area contributed by atoms with E-state index >= 15 is 0 Å². The van der Waals surface area contributed by atoms with E-state index in [1.165, 1.54) is 12.1 Å². The summed E-state index contributed by atoms with van der Waals surface area (Å²) in [7, 11) is 0. The zero-order chi connectivity index (χ0) is 11.5. The van der Waals surface area contributed by atoms with Crippen molar-refractivity contribution in [2.75, 3.05) is 18.9 Å². The highest BCUT2D eigenvalue weighted by atomic mass is 19.1. The Labute approximate surface area is 93.2 Å². The summed E-state index contributed by atoms with van der Waals surface area (Å²) in [6, 6.07) is 4.41. The van der Waals surface area contributed by atoms with Crippen molar-refractivity contribution in [3.8, 4) is 5.75 Å². The molecule has 0 bridgehead atoms. The number of ether oxygens (including phenoxy) is 1. The predicted molar refractivity (Wildman–Crippen MR) is 58.7 cm³/mol. The van der Waals surface area contributed by atoms with Gasteiger partial charge in [0, 0.05) is 24.3 Å². The Bertz CT molecular complexity index is 373. The molecule has 5 heteroatoms. The van der Waals surface area contributed by atoms with Gasteiger partial charge in [-0.3, -0.25) is 0 Å². The lowest BCUT2D eigenvalue weighted by molar-refractivity contribution is 0.186. The van der Waals surface area contributed by atoms with Crippen LogP contribution in [0.3, 0.4) is 0 Å². The first kappa shape index (κ1) is 11.2. The molecule has 0 saturated carbocycles. The number of nitrogens with two attached hydrogens (primary N) is 1. The standard InChI is InChI=1S/C11H15FN2O2/c12-10-3-7(13)1-2-11(10)16-6-8-4-9(15)5-14-8/h1-3,8-9,14-15H,4-6,13H2/t8-,9+/m0/s1. The van der Waals surface area contributed by atoms with E-state index in [4.69, 9.17) is 10.5 Å². The van der Waals surface area contributed by atoms with Crippen LogP contribution >= 0.6 is 0 Å². The van der Waals surface area contributed by atoms with Crippen LogP contribution in [0.4, 0.5) is 10.1 Å². The molecular weight excluding hydrogens is 211 g/mol. The minimum Gasteiger partial charge on any atom is -0.489 e. The second-order valence-electron chi connectivity index (χ2n) is 4.00. The van der Waals surface area contributed by atoms with Crippen LogP contribution in [-0.4, -0.2) is 30.4 Å². The van der Waals surface area contributed by atoms with E-state index in [1.54, 1.807) is 6.07 Å². The number of β-amino-alcohol motifs (C(OH)–C–C–N with tert-alkyl or cyclic N) is 1. The molecule has 1 saturated heterocycles. The molecule has 1 fully saturated rings. The van der Waals surface area contributed by atoms with Gasteiger partial charge in [-0.25, -0.2) is 4.39 Å². The van der Waals surface area contributed by atoms with Crippen molar-refractivity contribution in [1.29, 1.82) is 0 Å². The van der Waals surface area contributed by atoms with Crippen molar-refractivity contribution < 1.29 is 14.2 Å². The van der Waals surface area contributed by atoms with Gasteiger partial charge in [0.2, 0.25) is 0 Å². The zero-order valence-electron chi connectivity index (χ0n) is 8.82. The van der Waals surface area contributed by atoms with Crippen molar-refractivity contribution in [3.63, 3.8) is 0 Å². The number of halogens is 1. The van der Waals surface area contributed by atoms with Gasteiger partial charge in [0.05, 0.1) is 6.10 Å². The average Bonchev–Trinajstić information content (AvgIpc) is 2.63. The van der Waals surface area contributed by atoms with Crippen LogP contribution in [-0.2, 0) is 0 Å². The molecule has 0 aliphatic carbocycles. The minimum atomic E-state index is -0.460. The smallest absolute Gasteiger partial charge is 0.167 e. The molecule has 1 aromatic carbocycles. The number of hydrogen-bond acceptors (Lipinski definition) is 4. The lowest BCUT2D eigenvalue weighted by Gasteiger charge is -2.12. The third-order valence-corrected chi connectivity index (χ3v) is 2.59. The Morgan fingerprint density at radius 1 is 1.56 bits per heavy atom. The third kappa shape index (κ3) is 2.62. The van der Waals surface area contributed by atoms with Crippen molar-refractivity contribution in [2.24, 2.45) is 0 Å². The fourth-order valence-corrected chi connectivity index (χ4v) is 1.75. The number of hydrogen-bond donors (Lipinski definition) is 3. The third-order valence-electron chi connectivity index (χ3n) is 2.59. The molecule has 0 unspecified atom stereocenters. The monoisotopic (exact) mass is 226 g/mol. The number of anilines is 1. The molecule has 1 aromatic rings. The lowest BCUT2D eigenvalue weighted by Crippen LogP contribution is -2.28. The van der Waals surface area contributed by atoms with Crippen LogP contribution in [0.1, 0.15) is 6.42 Å². The van der Waals surface area contributed by atoms with Gasteiger partial charge in [0.15, 0.2) is 11.6 Å². The van der Waals surface area contributed by atoms with Crippen molar-refractivity contribution in [3.05, 3.63) is 24.0 Å². The highest BCUT2D eigenvalue weighted by molar-refractivity contribution is 5.42. The summed E-state index contributed by atoms with van der Waals surface area (Å²) in [6.07, 6.45) is 0.307. The highest BCUT2D eigenvalue weighted by Gasteiger charge is 2.22. The Hall–Kier alpha value is -1.33. The minimum absolute atomic E-state index is 0.0759. The second-order valence-corrected chi connectivity index (χ2v) is 4.00. The average molecular weight is 226 g/mol. The molecule has 1 heterocycles. The maximum Gasteiger partial charge on any atom is 0.167 e. The largest absolute Gasteiger partial charge is 0.489 e. The van der Waals surface area contributed by atoms with E-state index in [2.05, 4.69) is 5.32 Å². The number of nitrogen functional groups attached to an aromatic ring is 1. The van der Waals surface area contributed by atoms with Crippen LogP contribution in [0, 0.1) is 5.82 Å². The van der Waals surface area contributed by atoms with Crippen molar-refractivity contribution in [1.82, 2.24) is 5.32 Å². The molecule has 0 radical (unpaired) electrons. The van der Waals surface area contributed by atoms with Crippen LogP contribution < -0.4 is 15.8 Å². The zero-order valence-corrected chi connectivity index (χ0v) is 8.82. The van der Waals surface area contributed by atoms with Crippen LogP contribution in [0.2, 0.25) is 0 Å². The summed E-state index contributed by atoms with van der Waals surface area (Å²) in [4.78, 5) is 0. The first-order valence-electron chi connectivity index (χ1n) is 5.24. The summed E-state index contributed by atoms with van der Waals surface area (Å²) < 4.78 is 18.6. The van der Waals surface area contributed by atoms with E-state index in [0.717, 1.165) is 0 Å². The Morgan fingerprint density at radius 3 is 3.00 bits per heavy atom. The number of rotatable bonds is 3. The summed E-state index contributed by atoms with van der Waals surface area (Å²) in [5.41, 5.74) is 5.80. The molecule has 1 aliphatic heterocycles. The van der Waals surface area contributed by atoms with Gasteiger partial charge in [-0.2, -0.15) is 0 Å². The Kier molecular flexibility index (Phi) is 3.26. The van der Waals surface area contributed by atoms with E-state index in [-0.39, 0.29) is 17.9 Å². The number of benzene rings is 1. The van der Waals surface area contributed by atoms with Crippen LogP contribution in [0.15, 0.2) is 18.2 Å². The van der Waals surface area contributed by atoms with E-state index in [0.29, 0.717) is 25.3 Å². The predicted octanol–water partition coefficient (Wildman–Crippen LogP) is 0.510. The molecule has 2 rings (SSSR count). The van der Waals surface area contributed by atoms with E-state index in [9.17, 15) is 9.50 Å². The van der Waals surface area contributed by atoms with Gasteiger partial charge in [-0.1, -0.05) is 0 Å². The highest BCUT2D eigenvalue weighted by Crippen LogP contribution is 2.20. The fraction of sp³-hybridized carbons (Fsp3) is 0.455. The molecular formula is C11H15FN2O2. The molecule has 2 atom stereocenters. The molecule has 88 valence electrons. The van der Waals surface area contributed by atoms with Gasteiger partial charge in [-0.15, -0.1) is 0 Å². The Balaban J connectivity index is 1.89. The molecule has 0 spiro atoms. The maximum absolute atomic E-state index is 13.3. The first-order valence-corrected chi connectivity index (χ1v) is 5.24. The Morgan fingerprint density at radius 2 is 2.38 bits per heavy atom. The summed E-state index contributed by atoms with van der Waals surface area (Å²) in [5.74, 6) is -0.268. The summed E-state index contributed by atoms with van der Waals surface area (Å²) >= 11 is 0. The van der Waals surface area contributed by atoms with E-state index < -0.39 is 5.82 Å². The van der Waals surface area contributed by atoms with Gasteiger partial charge < -0.3 is 20.9 Å². The quantitative estimate of drug-likeness (QED) is 0.657. The number of nitrogens with one attached hydrogen (secondary N) is 1. The molecule has 16 heavy (non-hydrogen) atoms. The topological polar surface area (TPSA) is 67.5 Å². The van der Waals surface area contributed by atoms with Gasteiger partial charge >= 0.3 is 0 Å². The number of aliphatic hydroxyl groups is 1. The fourth-order valence-electron chi connectivity index (χ4n) is 1.75. The molecule has 4 N–H and O–H groups in total. The van der Waals surface area contributed by atoms with Gasteiger partial charge in [-0.05, 0) is 18.6 Å². The first-order chi connectivity index (χ1) is 7.65. The molecule has 4 nitrogen and oxygen atoms in total. The molecule has 0 aromatic heterocycles. The van der Waals surface area contributed by atoms with Crippen LogP contribution in [0.25, 0.3) is 0 Å². The molecule has 0 amide bonds. The van der Waals surface area contributed by atoms with Crippen molar-refractivity contribution >= 4 is 5.69 Å². The summed E-state index contributed by atoms with van der Waals surface area (Å²) in [5, 5.41) is 12.4. The second kappa shape index (κ2) is 4.67. The van der Waals surface area contributed by atoms with Gasteiger partial charge in [0.1, 0.15) is 6.61 Å². The van der Waals surface area contributed by atoms with Crippen LogP contribution in [0.5, 0.6) is 5.75 Å². The number of aliphatic hydroxyl groups excluding tert-OH is 1. The SMILES string of the molecule is Nc1ccc(OC[C@@H]2C[C@@H](O)CN2)c(F)c1. The normalized spacial score (nSPS) is 24.6.